The number of Topliss-reactive ketones (excluding diaryl/α,β-unsaturated/α-hetero) is 1. The number of esters is 3. The molecule has 2 aromatic carbocycles. The lowest BCUT2D eigenvalue weighted by Gasteiger charge is -2.33. The van der Waals surface area contributed by atoms with Crippen LogP contribution in [0.1, 0.15) is 143 Å². The lowest BCUT2D eigenvalue weighted by atomic mass is 9.84. The predicted octanol–water partition coefficient (Wildman–Crippen LogP) is 5.77. The van der Waals surface area contributed by atoms with Gasteiger partial charge in [0.1, 0.15) is 17.9 Å². The Bertz CT molecular complexity index is 2740. The first-order chi connectivity index (χ1) is 39.8. The molecular formula is C61H90ClN5O17S. The quantitative estimate of drug-likeness (QED) is 0.0234. The molecule has 1 aliphatic heterocycles. The Morgan fingerprint density at radius 2 is 1.55 bits per heavy atom. The van der Waals surface area contributed by atoms with E-state index in [4.69, 9.17) is 35.1 Å². The van der Waals surface area contributed by atoms with Crippen LogP contribution in [-0.2, 0) is 80.3 Å². The summed E-state index contributed by atoms with van der Waals surface area (Å²) in [4.78, 5) is 121. The van der Waals surface area contributed by atoms with Crippen LogP contribution in [0.3, 0.4) is 0 Å². The van der Waals surface area contributed by atoms with Crippen molar-refractivity contribution in [2.75, 3.05) is 46.2 Å². The molecule has 0 radical (unpaired) electrons. The lowest BCUT2D eigenvalue weighted by Crippen LogP contribution is -2.51. The van der Waals surface area contributed by atoms with Crippen molar-refractivity contribution in [3.05, 3.63) is 76.3 Å². The summed E-state index contributed by atoms with van der Waals surface area (Å²) >= 11 is 6.38. The molecule has 0 fully saturated rings. The fraction of sp³-hybridized carbons (Fsp3) is 0.623. The highest BCUT2D eigenvalue weighted by Crippen LogP contribution is 2.31. The zero-order valence-corrected chi connectivity index (χ0v) is 52.6. The third-order valence-corrected chi connectivity index (χ3v) is 16.1. The van der Waals surface area contributed by atoms with Gasteiger partial charge in [0.05, 0.1) is 49.0 Å². The standard InChI is InChI=1S/C61H90ClN5O17S/c1-37(2)33-51-59(76)83-49(16-14-17-53(70)66-47(35-43-21-25-50(81-10)46(62)34-43)58(75)64-36-61(8,9)60(77)84-51)40(6)56(73)39(5)44-22-18-42(19-23-44)20-24-48(68)41(7)65-57(74)45(38(3)4)15-12-13-30-67(31-28-55(72)82-11)54(71)27-26-52(69)63-29-32-85(78,79)80/h14,17-19,21-23,25,34,37-41,45,47,49,51,56,73H,12-13,15-16,20,24,26-33,35-36H2,1-11H3,(H,63,69)(H,64,75)(H,65,74)(H,66,70)(H,78,79,80)/b17-14+/t39-,40+,41+,45+,47+,49+,51+,56+/m1/s1. The number of nitrogens with one attached hydrogen (secondary N) is 4. The minimum Gasteiger partial charge on any atom is -0.495 e. The molecule has 1 aliphatic rings. The van der Waals surface area contributed by atoms with Crippen LogP contribution < -0.4 is 26.0 Å². The molecule has 22 nitrogen and oxygen atoms in total. The molecule has 0 aromatic heterocycles. The summed E-state index contributed by atoms with van der Waals surface area (Å²) in [5, 5.41) is 23.0. The number of hydrogen-bond acceptors (Lipinski definition) is 16. The van der Waals surface area contributed by atoms with E-state index in [1.54, 1.807) is 45.9 Å². The van der Waals surface area contributed by atoms with E-state index >= 15 is 0 Å². The van der Waals surface area contributed by atoms with Gasteiger partial charge in [-0.3, -0.25) is 42.9 Å². The van der Waals surface area contributed by atoms with Crippen LogP contribution in [0.15, 0.2) is 54.6 Å². The first-order valence-corrected chi connectivity index (χ1v) is 31.0. The summed E-state index contributed by atoms with van der Waals surface area (Å²) in [6.07, 6.45) is 0.847. The van der Waals surface area contributed by atoms with E-state index in [2.05, 4.69) is 21.3 Å². The molecule has 24 heteroatoms. The summed E-state index contributed by atoms with van der Waals surface area (Å²) in [5.41, 5.74) is 0.896. The predicted molar refractivity (Wildman–Crippen MR) is 318 cm³/mol. The summed E-state index contributed by atoms with van der Waals surface area (Å²) in [7, 11) is -1.57. The number of unbranched alkanes of at least 4 members (excludes halogenated alkanes) is 1. The first-order valence-electron chi connectivity index (χ1n) is 29.0. The van der Waals surface area contributed by atoms with Gasteiger partial charge in [0.2, 0.25) is 29.5 Å². The molecule has 0 bridgehead atoms. The van der Waals surface area contributed by atoms with Crippen LogP contribution in [0.2, 0.25) is 5.02 Å². The van der Waals surface area contributed by atoms with Crippen LogP contribution in [-0.4, -0.2) is 153 Å². The van der Waals surface area contributed by atoms with Crippen molar-refractivity contribution >= 4 is 74.9 Å². The largest absolute Gasteiger partial charge is 0.495 e. The second kappa shape index (κ2) is 35.3. The van der Waals surface area contributed by atoms with Gasteiger partial charge in [-0.15, -0.1) is 0 Å². The number of aliphatic hydroxyl groups is 1. The number of amides is 5. The normalized spacial score (nSPS) is 19.2. The summed E-state index contributed by atoms with van der Waals surface area (Å²) in [6.45, 7) is 15.6. The van der Waals surface area contributed by atoms with E-state index < -0.39 is 111 Å². The van der Waals surface area contributed by atoms with E-state index in [1.807, 2.05) is 58.9 Å². The molecule has 3 rings (SSSR count). The van der Waals surface area contributed by atoms with Gasteiger partial charge in [0.25, 0.3) is 10.1 Å². The van der Waals surface area contributed by atoms with Crippen molar-refractivity contribution in [1.29, 1.82) is 0 Å². The van der Waals surface area contributed by atoms with Gasteiger partial charge in [-0.1, -0.05) is 96.0 Å². The van der Waals surface area contributed by atoms with Crippen molar-refractivity contribution in [2.45, 2.75) is 169 Å². The van der Waals surface area contributed by atoms with Crippen LogP contribution in [0.4, 0.5) is 0 Å². The lowest BCUT2D eigenvalue weighted by molar-refractivity contribution is -0.180. The van der Waals surface area contributed by atoms with Gasteiger partial charge >= 0.3 is 17.9 Å². The zero-order valence-electron chi connectivity index (χ0n) is 51.0. The molecule has 1 heterocycles. The maximum Gasteiger partial charge on any atom is 0.347 e. The summed E-state index contributed by atoms with van der Waals surface area (Å²) in [5.74, 6) is -6.87. The van der Waals surface area contributed by atoms with Crippen LogP contribution >= 0.6 is 11.6 Å². The molecule has 85 heavy (non-hydrogen) atoms. The fourth-order valence-corrected chi connectivity index (χ4v) is 10.1. The second-order valence-corrected chi connectivity index (χ2v) is 25.2. The molecular weight excluding hydrogens is 1140 g/mol. The van der Waals surface area contributed by atoms with Crippen molar-refractivity contribution < 1.29 is 80.2 Å². The van der Waals surface area contributed by atoms with E-state index in [-0.39, 0.29) is 94.7 Å². The Labute approximate surface area is 505 Å². The third kappa shape index (κ3) is 25.6. The number of rotatable bonds is 30. The fourth-order valence-electron chi connectivity index (χ4n) is 9.47. The van der Waals surface area contributed by atoms with Gasteiger partial charge in [0.15, 0.2) is 11.9 Å². The van der Waals surface area contributed by atoms with Crippen LogP contribution in [0.5, 0.6) is 5.75 Å². The maximum atomic E-state index is 14.0. The van der Waals surface area contributed by atoms with Gasteiger partial charge in [-0.25, -0.2) is 4.79 Å². The Morgan fingerprint density at radius 3 is 2.16 bits per heavy atom. The van der Waals surface area contributed by atoms with Crippen molar-refractivity contribution in [2.24, 2.45) is 29.1 Å². The molecule has 6 N–H and O–H groups in total. The smallest absolute Gasteiger partial charge is 0.347 e. The van der Waals surface area contributed by atoms with Crippen LogP contribution in [0.25, 0.3) is 0 Å². The maximum absolute atomic E-state index is 14.0. The summed E-state index contributed by atoms with van der Waals surface area (Å²) in [6, 6.07) is 10.5. The second-order valence-electron chi connectivity index (χ2n) is 23.2. The van der Waals surface area contributed by atoms with Gasteiger partial charge < -0.3 is 50.2 Å². The number of carbonyl (C=O) groups is 9. The average molecular weight is 1230 g/mol. The molecule has 0 spiro atoms. The average Bonchev–Trinajstić information content (AvgIpc) is 3.31. The number of methoxy groups -OCH3 is 2. The SMILES string of the molecule is COC(=O)CCN(CCCC[C@H](C(=O)N[C@@H](C)C(=O)CCc1ccc([C@@H](C)[C@H](O)[C@@H](C)[C@@H]2C/C=C/C(=O)N[C@@H](Cc3ccc(OC)c(Cl)c3)C(=O)NCC(C)(C)C(=O)O[C@@H](CC(C)C)C(=O)O2)cc1)C(C)C)C(=O)CCC(=O)NCCS(=O)(=O)O. The number of ketones is 1. The van der Waals surface area contributed by atoms with Crippen molar-refractivity contribution in [1.82, 2.24) is 26.2 Å². The number of aliphatic hydroxyl groups excluding tert-OH is 1. The molecule has 0 saturated carbocycles. The van der Waals surface area contributed by atoms with Gasteiger partial charge in [-0.05, 0) is 93.2 Å². The molecule has 0 aliphatic carbocycles. The molecule has 5 amide bonds. The number of carbonyl (C=O) groups excluding carboxylic acids is 9. The van der Waals surface area contributed by atoms with Crippen LogP contribution in [0, 0.1) is 29.1 Å². The molecule has 2 aromatic rings. The highest BCUT2D eigenvalue weighted by atomic mass is 35.5. The molecule has 0 unspecified atom stereocenters. The topological polar surface area (TPSA) is 317 Å². The minimum absolute atomic E-state index is 0.0306. The number of cyclic esters (lactones) is 2. The monoisotopic (exact) mass is 1230 g/mol. The Kier molecular flexibility index (Phi) is 30.2. The number of ether oxygens (including phenoxy) is 4. The van der Waals surface area contributed by atoms with E-state index in [1.165, 1.54) is 31.3 Å². The minimum atomic E-state index is -4.27. The number of halogens is 1. The highest BCUT2D eigenvalue weighted by Gasteiger charge is 2.39. The van der Waals surface area contributed by atoms with E-state index in [0.717, 1.165) is 11.1 Å². The molecule has 474 valence electrons. The van der Waals surface area contributed by atoms with E-state index in [9.17, 15) is 56.7 Å². The Hall–Kier alpha value is -6.43. The zero-order chi connectivity index (χ0) is 63.8. The Balaban J connectivity index is 1.67. The van der Waals surface area contributed by atoms with Crippen molar-refractivity contribution in [3.63, 3.8) is 0 Å². The number of hydrogen-bond donors (Lipinski definition) is 6. The molecule has 8 atom stereocenters. The van der Waals surface area contributed by atoms with E-state index in [0.29, 0.717) is 42.0 Å². The molecule has 0 saturated heterocycles. The number of nitrogens with zero attached hydrogens (tertiary/aromatic N) is 1. The number of aryl methyl sites for hydroxylation is 1. The summed E-state index contributed by atoms with van der Waals surface area (Å²) < 4.78 is 52.7. The first kappa shape index (κ1) is 72.8. The van der Waals surface area contributed by atoms with Gasteiger partial charge in [-0.2, -0.15) is 8.42 Å². The van der Waals surface area contributed by atoms with Crippen molar-refractivity contribution in [3.8, 4) is 5.75 Å². The van der Waals surface area contributed by atoms with Gasteiger partial charge in [0, 0.05) is 76.0 Å². The third-order valence-electron chi connectivity index (χ3n) is 15.0. The number of benzene rings is 2. The Morgan fingerprint density at radius 1 is 0.882 bits per heavy atom. The highest BCUT2D eigenvalue weighted by molar-refractivity contribution is 7.85.